The molecule has 3 atom stereocenters. The predicted molar refractivity (Wildman–Crippen MR) is 103 cm³/mol. The molecule has 1 aliphatic rings. The number of H-pyrrole nitrogens is 1. The van der Waals surface area contributed by atoms with E-state index in [1.165, 1.54) is 0 Å². The number of carbonyl (C=O) groups excluding carboxylic acids is 2. The number of halogens is 1. The zero-order chi connectivity index (χ0) is 18.8. The maximum Gasteiger partial charge on any atom is 0.229 e. The third kappa shape index (κ3) is 3.61. The lowest BCUT2D eigenvalue weighted by Crippen LogP contribution is -2.45. The minimum atomic E-state index is -0.442. The Morgan fingerprint density at radius 3 is 3.00 bits per heavy atom. The first-order valence-corrected chi connectivity index (χ1v) is 9.59. The number of aromatic nitrogens is 2. The Labute approximate surface area is 160 Å². The van der Waals surface area contributed by atoms with Gasteiger partial charge in [0.05, 0.1) is 24.1 Å². The monoisotopic (exact) mass is 422 g/mol. The fourth-order valence-corrected chi connectivity index (χ4v) is 3.59. The molecule has 1 aromatic carbocycles. The Balaban J connectivity index is 1.74. The first kappa shape index (κ1) is 18.8. The van der Waals surface area contributed by atoms with Crippen LogP contribution in [0.2, 0.25) is 0 Å². The van der Waals surface area contributed by atoms with E-state index in [2.05, 4.69) is 31.4 Å². The number of hydrogen-bond donors (Lipinski definition) is 3. The van der Waals surface area contributed by atoms with E-state index in [4.69, 9.17) is 0 Å². The van der Waals surface area contributed by atoms with Crippen molar-refractivity contribution in [3.05, 3.63) is 22.7 Å². The van der Waals surface area contributed by atoms with Gasteiger partial charge in [-0.25, -0.2) is 0 Å². The van der Waals surface area contributed by atoms with Crippen LogP contribution < -0.4 is 10.2 Å². The molecule has 7 nitrogen and oxygen atoms in total. The molecule has 0 bridgehead atoms. The van der Waals surface area contributed by atoms with Gasteiger partial charge in [0, 0.05) is 22.8 Å². The Morgan fingerprint density at radius 1 is 1.54 bits per heavy atom. The fourth-order valence-electron chi connectivity index (χ4n) is 3.22. The fraction of sp³-hybridized carbons (Fsp3) is 0.500. The largest absolute Gasteiger partial charge is 0.394 e. The zero-order valence-corrected chi connectivity index (χ0v) is 16.4. The van der Waals surface area contributed by atoms with Crippen molar-refractivity contribution in [2.45, 2.75) is 32.7 Å². The molecule has 1 fully saturated rings. The predicted octanol–water partition coefficient (Wildman–Crippen LogP) is 2.20. The number of amides is 2. The minimum absolute atomic E-state index is 0.107. The summed E-state index contributed by atoms with van der Waals surface area (Å²) in [5, 5.41) is 20.4. The van der Waals surface area contributed by atoms with Gasteiger partial charge in [-0.1, -0.05) is 36.2 Å². The number of aromatic amines is 1. The van der Waals surface area contributed by atoms with Crippen LogP contribution in [0.4, 0.5) is 5.82 Å². The lowest BCUT2D eigenvalue weighted by Gasteiger charge is -2.23. The van der Waals surface area contributed by atoms with E-state index < -0.39 is 5.92 Å². The van der Waals surface area contributed by atoms with Crippen molar-refractivity contribution in [1.29, 1.82) is 0 Å². The molecule has 140 valence electrons. The Bertz CT molecular complexity index is 822. The average molecular weight is 423 g/mol. The van der Waals surface area contributed by atoms with Crippen LogP contribution in [0.3, 0.4) is 0 Å². The molecule has 26 heavy (non-hydrogen) atoms. The van der Waals surface area contributed by atoms with Gasteiger partial charge in [-0.05, 0) is 24.1 Å². The summed E-state index contributed by atoms with van der Waals surface area (Å²) in [5.41, 5.74) is 0.826. The van der Waals surface area contributed by atoms with Crippen molar-refractivity contribution < 1.29 is 14.7 Å². The molecule has 0 radical (unpaired) electrons. The van der Waals surface area contributed by atoms with Crippen LogP contribution in [0.15, 0.2) is 22.7 Å². The summed E-state index contributed by atoms with van der Waals surface area (Å²) < 4.78 is 0.922. The van der Waals surface area contributed by atoms with E-state index in [1.54, 1.807) is 4.90 Å². The summed E-state index contributed by atoms with van der Waals surface area (Å²) in [6, 6.07) is 5.39. The zero-order valence-electron chi connectivity index (χ0n) is 14.8. The van der Waals surface area contributed by atoms with Gasteiger partial charge in [0.2, 0.25) is 11.8 Å². The number of aliphatic hydroxyl groups is 1. The van der Waals surface area contributed by atoms with E-state index in [0.29, 0.717) is 12.4 Å². The van der Waals surface area contributed by atoms with E-state index in [0.717, 1.165) is 21.8 Å². The van der Waals surface area contributed by atoms with Crippen LogP contribution >= 0.6 is 15.9 Å². The summed E-state index contributed by atoms with van der Waals surface area (Å²) in [7, 11) is 0. The van der Waals surface area contributed by atoms with Crippen molar-refractivity contribution in [3.63, 3.8) is 0 Å². The number of anilines is 1. The van der Waals surface area contributed by atoms with Gasteiger partial charge in [-0.15, -0.1) is 0 Å². The first-order valence-electron chi connectivity index (χ1n) is 8.79. The van der Waals surface area contributed by atoms with Crippen LogP contribution in [0, 0.1) is 11.8 Å². The molecule has 1 aromatic heterocycles. The second kappa shape index (κ2) is 7.75. The Hall–Kier alpha value is -1.93. The lowest BCUT2D eigenvalue weighted by atomic mass is 9.98. The number of benzene rings is 1. The smallest absolute Gasteiger partial charge is 0.229 e. The number of aliphatic hydroxyl groups excluding tert-OH is 1. The van der Waals surface area contributed by atoms with Crippen LogP contribution in [0.25, 0.3) is 10.9 Å². The van der Waals surface area contributed by atoms with Gasteiger partial charge in [0.25, 0.3) is 0 Å². The summed E-state index contributed by atoms with van der Waals surface area (Å²) in [5.74, 6) is -0.0320. The van der Waals surface area contributed by atoms with E-state index in [1.807, 2.05) is 32.0 Å². The highest BCUT2D eigenvalue weighted by molar-refractivity contribution is 9.10. The summed E-state index contributed by atoms with van der Waals surface area (Å²) in [4.78, 5) is 26.6. The van der Waals surface area contributed by atoms with Gasteiger partial charge in [0.15, 0.2) is 5.82 Å². The van der Waals surface area contributed by atoms with E-state index in [-0.39, 0.29) is 36.8 Å². The molecule has 0 saturated carbocycles. The molecule has 2 heterocycles. The number of carbonyl (C=O) groups is 2. The van der Waals surface area contributed by atoms with Crippen LogP contribution in [0.1, 0.15) is 26.7 Å². The molecule has 0 unspecified atom stereocenters. The van der Waals surface area contributed by atoms with Crippen LogP contribution in [-0.2, 0) is 9.59 Å². The highest BCUT2D eigenvalue weighted by Crippen LogP contribution is 2.31. The van der Waals surface area contributed by atoms with Gasteiger partial charge < -0.3 is 10.4 Å². The van der Waals surface area contributed by atoms with Crippen molar-refractivity contribution in [1.82, 2.24) is 15.5 Å². The van der Waals surface area contributed by atoms with Crippen molar-refractivity contribution in [2.75, 3.05) is 18.1 Å². The second-order valence-electron chi connectivity index (χ2n) is 6.83. The first-order chi connectivity index (χ1) is 12.4. The molecule has 3 N–H and O–H groups in total. The molecule has 3 rings (SSSR count). The third-order valence-electron chi connectivity index (χ3n) is 5.11. The van der Waals surface area contributed by atoms with Gasteiger partial charge in [0.1, 0.15) is 0 Å². The number of nitrogens with one attached hydrogen (secondary N) is 2. The SMILES string of the molecule is CC[C@@H](C)[C@@H](CO)NC(=O)[C@@H]1CC(=O)N(c2n[nH]c3cc(Br)ccc23)C1. The van der Waals surface area contributed by atoms with Crippen molar-refractivity contribution in [2.24, 2.45) is 11.8 Å². The average Bonchev–Trinajstić information content (AvgIpc) is 3.21. The van der Waals surface area contributed by atoms with Crippen LogP contribution in [-0.4, -0.2) is 46.3 Å². The quantitative estimate of drug-likeness (QED) is 0.664. The summed E-state index contributed by atoms with van der Waals surface area (Å²) >= 11 is 3.41. The topological polar surface area (TPSA) is 98.3 Å². The van der Waals surface area contributed by atoms with E-state index >= 15 is 0 Å². The molecule has 2 amide bonds. The normalized spacial score (nSPS) is 19.8. The number of rotatable bonds is 6. The standard InChI is InChI=1S/C18H23BrN4O3/c1-3-10(2)15(9-24)20-18(26)11-6-16(25)23(8-11)17-13-5-4-12(19)7-14(13)21-22-17/h4-5,7,10-11,15,24H,3,6,8-9H2,1-2H3,(H,20,26)(H,21,22)/t10-,11-,15-/m1/s1. The highest BCUT2D eigenvalue weighted by Gasteiger charge is 2.37. The molecule has 8 heteroatoms. The molecule has 1 aliphatic heterocycles. The highest BCUT2D eigenvalue weighted by atomic mass is 79.9. The Kier molecular flexibility index (Phi) is 5.62. The van der Waals surface area contributed by atoms with Gasteiger partial charge in [-0.2, -0.15) is 5.10 Å². The molecule has 2 aromatic rings. The molecule has 0 aliphatic carbocycles. The number of hydrogen-bond acceptors (Lipinski definition) is 4. The minimum Gasteiger partial charge on any atom is -0.394 e. The maximum absolute atomic E-state index is 12.6. The molecular weight excluding hydrogens is 400 g/mol. The Morgan fingerprint density at radius 2 is 2.31 bits per heavy atom. The molecule has 0 spiro atoms. The lowest BCUT2D eigenvalue weighted by molar-refractivity contribution is -0.127. The molecule has 1 saturated heterocycles. The van der Waals surface area contributed by atoms with Gasteiger partial charge in [-0.3, -0.25) is 19.6 Å². The van der Waals surface area contributed by atoms with Crippen molar-refractivity contribution >= 4 is 44.5 Å². The second-order valence-corrected chi connectivity index (χ2v) is 7.74. The van der Waals surface area contributed by atoms with Gasteiger partial charge >= 0.3 is 0 Å². The maximum atomic E-state index is 12.6. The summed E-state index contributed by atoms with van der Waals surface area (Å²) in [6.45, 7) is 4.19. The third-order valence-corrected chi connectivity index (χ3v) is 5.60. The number of fused-ring (bicyclic) bond motifs is 1. The molecular formula is C18H23BrN4O3. The van der Waals surface area contributed by atoms with E-state index in [9.17, 15) is 14.7 Å². The van der Waals surface area contributed by atoms with Crippen LogP contribution in [0.5, 0.6) is 0 Å². The summed E-state index contributed by atoms with van der Waals surface area (Å²) in [6.07, 6.45) is 1.01. The number of nitrogens with zero attached hydrogens (tertiary/aromatic N) is 2. The van der Waals surface area contributed by atoms with Crippen molar-refractivity contribution in [3.8, 4) is 0 Å².